The first-order chi connectivity index (χ1) is 13.5. The minimum Gasteiger partial charge on any atom is -0.341 e. The summed E-state index contributed by atoms with van der Waals surface area (Å²) in [5.74, 6) is 1.84. The lowest BCUT2D eigenvalue weighted by molar-refractivity contribution is -0.0806. The van der Waals surface area contributed by atoms with Crippen molar-refractivity contribution in [1.29, 1.82) is 0 Å². The Morgan fingerprint density at radius 1 is 0.964 bits per heavy atom. The van der Waals surface area contributed by atoms with Gasteiger partial charge in [-0.05, 0) is 85.8 Å². The van der Waals surface area contributed by atoms with Crippen molar-refractivity contribution in [2.24, 2.45) is 17.3 Å². The molecule has 2 aromatic carbocycles. The summed E-state index contributed by atoms with van der Waals surface area (Å²) in [6.45, 7) is 3.08. The van der Waals surface area contributed by atoms with Crippen molar-refractivity contribution in [2.75, 3.05) is 13.6 Å². The first-order valence-corrected chi connectivity index (χ1v) is 10.8. The maximum absolute atomic E-state index is 13.0. The van der Waals surface area contributed by atoms with Gasteiger partial charge in [0.15, 0.2) is 0 Å². The summed E-state index contributed by atoms with van der Waals surface area (Å²) in [6, 6.07) is 19.1. The number of hydrogen-bond acceptors (Lipinski definition) is 1. The zero-order valence-corrected chi connectivity index (χ0v) is 17.2. The van der Waals surface area contributed by atoms with Crippen molar-refractivity contribution >= 4 is 5.91 Å². The van der Waals surface area contributed by atoms with E-state index in [4.69, 9.17) is 0 Å². The van der Waals surface area contributed by atoms with Crippen LogP contribution in [0.3, 0.4) is 0 Å². The molecule has 4 bridgehead atoms. The fraction of sp³-hybridized carbons (Fsp3) is 0.500. The Kier molecular flexibility index (Phi) is 4.15. The summed E-state index contributed by atoms with van der Waals surface area (Å²) in [5.41, 5.74) is 4.34. The molecule has 0 N–H and O–H groups in total. The van der Waals surface area contributed by atoms with Gasteiger partial charge in [-0.2, -0.15) is 0 Å². The lowest BCUT2D eigenvalue weighted by Gasteiger charge is -2.63. The Morgan fingerprint density at radius 3 is 2.25 bits per heavy atom. The molecule has 4 aliphatic carbocycles. The van der Waals surface area contributed by atoms with Crippen molar-refractivity contribution in [2.45, 2.75) is 50.9 Å². The van der Waals surface area contributed by atoms with E-state index < -0.39 is 0 Å². The molecule has 0 aliphatic heterocycles. The van der Waals surface area contributed by atoms with Crippen LogP contribution in [0.4, 0.5) is 0 Å². The van der Waals surface area contributed by atoms with E-state index in [0.29, 0.717) is 10.8 Å². The van der Waals surface area contributed by atoms with Crippen LogP contribution in [0.15, 0.2) is 54.6 Å². The van der Waals surface area contributed by atoms with Gasteiger partial charge < -0.3 is 4.90 Å². The summed E-state index contributed by atoms with van der Waals surface area (Å²) in [6.07, 6.45) is 7.98. The zero-order chi connectivity index (χ0) is 19.4. The molecular weight excluding hydrogens is 342 g/mol. The Labute approximate surface area is 169 Å². The van der Waals surface area contributed by atoms with E-state index in [0.717, 1.165) is 23.9 Å². The highest BCUT2D eigenvalue weighted by Crippen LogP contribution is 2.65. The van der Waals surface area contributed by atoms with E-state index in [2.05, 4.69) is 31.2 Å². The second kappa shape index (κ2) is 6.47. The minimum absolute atomic E-state index is 0.167. The number of benzene rings is 2. The SMILES string of the molecule is Cc1ccc(C23C[C@H]4C[C@@H](CC(CN(C)C(=O)c5ccccc5)(C4)C2)C3)cc1. The Morgan fingerprint density at radius 2 is 1.61 bits per heavy atom. The Hall–Kier alpha value is -2.09. The molecular formula is C26H31NO. The van der Waals surface area contributed by atoms with Gasteiger partial charge in [-0.15, -0.1) is 0 Å². The highest BCUT2D eigenvalue weighted by molar-refractivity contribution is 5.94. The first-order valence-electron chi connectivity index (χ1n) is 10.8. The molecule has 6 rings (SSSR count). The van der Waals surface area contributed by atoms with Crippen molar-refractivity contribution in [1.82, 2.24) is 4.90 Å². The maximum Gasteiger partial charge on any atom is 0.253 e. The molecule has 0 radical (unpaired) electrons. The number of nitrogens with zero attached hydrogens (tertiary/aromatic N) is 1. The summed E-state index contributed by atoms with van der Waals surface area (Å²) < 4.78 is 0. The van der Waals surface area contributed by atoms with Crippen LogP contribution in [0.5, 0.6) is 0 Å². The first kappa shape index (κ1) is 18.0. The fourth-order valence-corrected chi connectivity index (χ4v) is 7.26. The van der Waals surface area contributed by atoms with E-state index in [9.17, 15) is 4.79 Å². The van der Waals surface area contributed by atoms with E-state index >= 15 is 0 Å². The summed E-state index contributed by atoms with van der Waals surface area (Å²) in [7, 11) is 2.01. The molecule has 0 heterocycles. The molecule has 0 unspecified atom stereocenters. The quantitative estimate of drug-likeness (QED) is 0.682. The van der Waals surface area contributed by atoms with Crippen molar-refractivity contribution < 1.29 is 4.79 Å². The average molecular weight is 374 g/mol. The molecule has 4 aliphatic rings. The third-order valence-corrected chi connectivity index (χ3v) is 7.79. The molecule has 2 aromatic rings. The predicted octanol–water partition coefficient (Wildman–Crippen LogP) is 5.61. The van der Waals surface area contributed by atoms with Crippen molar-refractivity contribution in [3.8, 4) is 0 Å². The van der Waals surface area contributed by atoms with Crippen LogP contribution in [-0.2, 0) is 5.41 Å². The standard InChI is InChI=1S/C26H31NO/c1-19-8-10-23(11-9-19)26-15-20-12-21(16-26)14-25(13-20,17-26)18-27(2)24(28)22-6-4-3-5-7-22/h3-11,20-21H,12-18H2,1-2H3/t20-,21-,25?,26?/m0/s1. The van der Waals surface area contributed by atoms with E-state index in [1.165, 1.54) is 44.1 Å². The Balaban J connectivity index is 1.42. The molecule has 2 heteroatoms. The topological polar surface area (TPSA) is 20.3 Å². The minimum atomic E-state index is 0.167. The summed E-state index contributed by atoms with van der Waals surface area (Å²) in [5, 5.41) is 0. The van der Waals surface area contributed by atoms with Crippen LogP contribution in [0.25, 0.3) is 0 Å². The van der Waals surface area contributed by atoms with Gasteiger partial charge in [0.25, 0.3) is 5.91 Å². The molecule has 1 amide bonds. The van der Waals surface area contributed by atoms with Crippen LogP contribution in [0.1, 0.15) is 60.0 Å². The van der Waals surface area contributed by atoms with E-state index in [1.54, 1.807) is 5.56 Å². The number of hydrogen-bond donors (Lipinski definition) is 0. The van der Waals surface area contributed by atoms with Crippen LogP contribution < -0.4 is 0 Å². The van der Waals surface area contributed by atoms with Gasteiger partial charge >= 0.3 is 0 Å². The average Bonchev–Trinajstić information content (AvgIpc) is 2.67. The number of carbonyl (C=O) groups excluding carboxylic acids is 1. The molecule has 4 saturated carbocycles. The van der Waals surface area contributed by atoms with Gasteiger partial charge in [0, 0.05) is 19.2 Å². The molecule has 0 aromatic heterocycles. The molecule has 28 heavy (non-hydrogen) atoms. The van der Waals surface area contributed by atoms with Gasteiger partial charge in [0.1, 0.15) is 0 Å². The second-order valence-corrected chi connectivity index (χ2v) is 10.1. The van der Waals surface area contributed by atoms with Gasteiger partial charge in [0.05, 0.1) is 0 Å². The molecule has 0 saturated heterocycles. The highest BCUT2D eigenvalue weighted by Gasteiger charge is 2.58. The predicted molar refractivity (Wildman–Crippen MR) is 113 cm³/mol. The van der Waals surface area contributed by atoms with Crippen LogP contribution >= 0.6 is 0 Å². The molecule has 146 valence electrons. The fourth-order valence-electron chi connectivity index (χ4n) is 7.26. The smallest absolute Gasteiger partial charge is 0.253 e. The largest absolute Gasteiger partial charge is 0.341 e. The van der Waals surface area contributed by atoms with Gasteiger partial charge in [-0.3, -0.25) is 4.79 Å². The number of carbonyl (C=O) groups is 1. The summed E-state index contributed by atoms with van der Waals surface area (Å²) in [4.78, 5) is 15.0. The second-order valence-electron chi connectivity index (χ2n) is 10.1. The van der Waals surface area contributed by atoms with Gasteiger partial charge in [-0.1, -0.05) is 48.0 Å². The Bertz CT molecular complexity index is 855. The van der Waals surface area contributed by atoms with Gasteiger partial charge in [0.2, 0.25) is 0 Å². The monoisotopic (exact) mass is 373 g/mol. The molecule has 0 spiro atoms. The van der Waals surface area contributed by atoms with Crippen LogP contribution in [0.2, 0.25) is 0 Å². The van der Waals surface area contributed by atoms with Crippen molar-refractivity contribution in [3.05, 3.63) is 71.3 Å². The van der Waals surface area contributed by atoms with E-state index in [1.807, 2.05) is 42.3 Å². The van der Waals surface area contributed by atoms with Crippen LogP contribution in [-0.4, -0.2) is 24.4 Å². The zero-order valence-electron chi connectivity index (χ0n) is 17.2. The lowest BCUT2D eigenvalue weighted by atomic mass is 9.43. The molecule has 2 nitrogen and oxygen atoms in total. The number of amides is 1. The number of aryl methyl sites for hydroxylation is 1. The normalized spacial score (nSPS) is 33.1. The number of rotatable bonds is 4. The molecule has 2 atom stereocenters. The third kappa shape index (κ3) is 2.98. The summed E-state index contributed by atoms with van der Waals surface area (Å²) >= 11 is 0. The third-order valence-electron chi connectivity index (χ3n) is 7.79. The van der Waals surface area contributed by atoms with Crippen LogP contribution in [0, 0.1) is 24.2 Å². The highest BCUT2D eigenvalue weighted by atomic mass is 16.2. The van der Waals surface area contributed by atoms with E-state index in [-0.39, 0.29) is 5.91 Å². The maximum atomic E-state index is 13.0. The van der Waals surface area contributed by atoms with Crippen molar-refractivity contribution in [3.63, 3.8) is 0 Å². The lowest BCUT2D eigenvalue weighted by Crippen LogP contribution is -2.57. The molecule has 4 fully saturated rings. The van der Waals surface area contributed by atoms with Gasteiger partial charge in [-0.25, -0.2) is 0 Å².